The van der Waals surface area contributed by atoms with Gasteiger partial charge in [-0.25, -0.2) is 0 Å². The van der Waals surface area contributed by atoms with Crippen molar-refractivity contribution in [2.45, 2.75) is 25.7 Å². The van der Waals surface area contributed by atoms with E-state index in [0.29, 0.717) is 12.5 Å². The number of piperidine rings is 1. The number of carboxylic acids is 1. The van der Waals surface area contributed by atoms with E-state index in [2.05, 4.69) is 11.9 Å². The molecule has 18 heavy (non-hydrogen) atoms. The first-order valence-electron chi connectivity index (χ1n) is 6.75. The summed E-state index contributed by atoms with van der Waals surface area (Å²) in [7, 11) is 2.14. The molecule has 0 saturated carbocycles. The van der Waals surface area contributed by atoms with Crippen LogP contribution in [0.4, 0.5) is 0 Å². The maximum Gasteiger partial charge on any atom is 0.308 e. The van der Waals surface area contributed by atoms with E-state index >= 15 is 0 Å². The summed E-state index contributed by atoms with van der Waals surface area (Å²) in [5.74, 6) is -0.631. The summed E-state index contributed by atoms with van der Waals surface area (Å²) < 4.78 is 0. The average Bonchev–Trinajstić information content (AvgIpc) is 2.70. The van der Waals surface area contributed by atoms with Gasteiger partial charge in [0.15, 0.2) is 0 Å². The van der Waals surface area contributed by atoms with Crippen LogP contribution < -0.4 is 0 Å². The number of carboxylic acid groups (broad SMARTS) is 1. The molecule has 0 spiro atoms. The van der Waals surface area contributed by atoms with Crippen LogP contribution in [0.3, 0.4) is 0 Å². The minimum absolute atomic E-state index is 0.00956. The van der Waals surface area contributed by atoms with E-state index < -0.39 is 11.9 Å². The molecule has 0 aliphatic carbocycles. The Labute approximate surface area is 108 Å². The fourth-order valence-electron chi connectivity index (χ4n) is 2.84. The standard InChI is InChI=1S/C13H22N2O3/c1-14-5-2-10(3-6-14)4-7-15-9-11(13(17)18)8-12(15)16/h10-11H,2-9H2,1H3,(H,17,18). The second-order valence-electron chi connectivity index (χ2n) is 5.61. The summed E-state index contributed by atoms with van der Waals surface area (Å²) >= 11 is 0. The molecule has 0 aromatic carbocycles. The van der Waals surface area contributed by atoms with Crippen LogP contribution in [0.5, 0.6) is 0 Å². The van der Waals surface area contributed by atoms with Crippen molar-refractivity contribution in [3.8, 4) is 0 Å². The molecule has 5 nitrogen and oxygen atoms in total. The summed E-state index contributed by atoms with van der Waals surface area (Å²) in [5, 5.41) is 8.91. The molecule has 2 saturated heterocycles. The number of likely N-dealkylation sites (tertiary alicyclic amines) is 2. The minimum Gasteiger partial charge on any atom is -0.481 e. The van der Waals surface area contributed by atoms with Crippen molar-refractivity contribution in [1.82, 2.24) is 9.80 Å². The lowest BCUT2D eigenvalue weighted by Crippen LogP contribution is -2.33. The maximum absolute atomic E-state index is 11.7. The number of carbonyl (C=O) groups is 2. The third-order valence-electron chi connectivity index (χ3n) is 4.21. The number of hydrogen-bond acceptors (Lipinski definition) is 3. The Morgan fingerprint density at radius 1 is 1.39 bits per heavy atom. The number of amides is 1. The molecule has 0 radical (unpaired) electrons. The predicted octanol–water partition coefficient (Wildman–Crippen LogP) is 0.651. The Morgan fingerprint density at radius 2 is 2.06 bits per heavy atom. The van der Waals surface area contributed by atoms with Crippen molar-refractivity contribution in [3.05, 3.63) is 0 Å². The molecular formula is C13H22N2O3. The van der Waals surface area contributed by atoms with Crippen LogP contribution in [-0.4, -0.2) is 60.0 Å². The van der Waals surface area contributed by atoms with Crippen molar-refractivity contribution in [3.63, 3.8) is 0 Å². The van der Waals surface area contributed by atoms with Gasteiger partial charge < -0.3 is 14.9 Å². The lowest BCUT2D eigenvalue weighted by Gasteiger charge is -2.30. The SMILES string of the molecule is CN1CCC(CCN2CC(C(=O)O)CC2=O)CC1. The summed E-state index contributed by atoms with van der Waals surface area (Å²) in [6.07, 6.45) is 3.59. The van der Waals surface area contributed by atoms with Gasteiger partial charge in [-0.05, 0) is 45.3 Å². The Morgan fingerprint density at radius 3 is 2.61 bits per heavy atom. The van der Waals surface area contributed by atoms with Crippen LogP contribution >= 0.6 is 0 Å². The quantitative estimate of drug-likeness (QED) is 0.800. The molecule has 2 heterocycles. The Bertz CT molecular complexity index is 324. The van der Waals surface area contributed by atoms with E-state index in [4.69, 9.17) is 5.11 Å². The van der Waals surface area contributed by atoms with E-state index in [-0.39, 0.29) is 12.3 Å². The number of nitrogens with zero attached hydrogens (tertiary/aromatic N) is 2. The van der Waals surface area contributed by atoms with Crippen LogP contribution in [0.25, 0.3) is 0 Å². The summed E-state index contributed by atoms with van der Waals surface area (Å²) in [6.45, 7) is 3.41. The Kier molecular flexibility index (Phi) is 4.22. The topological polar surface area (TPSA) is 60.9 Å². The van der Waals surface area contributed by atoms with Crippen LogP contribution in [0.2, 0.25) is 0 Å². The molecule has 2 aliphatic heterocycles. The fraction of sp³-hybridized carbons (Fsp3) is 0.846. The van der Waals surface area contributed by atoms with Gasteiger partial charge in [-0.1, -0.05) is 0 Å². The Hall–Kier alpha value is -1.10. The van der Waals surface area contributed by atoms with E-state index in [1.807, 2.05) is 0 Å². The first-order chi connectivity index (χ1) is 8.56. The molecule has 5 heteroatoms. The first-order valence-corrected chi connectivity index (χ1v) is 6.75. The molecule has 102 valence electrons. The van der Waals surface area contributed by atoms with Gasteiger partial charge in [-0.2, -0.15) is 0 Å². The molecule has 0 aromatic heterocycles. The zero-order valence-corrected chi connectivity index (χ0v) is 11.0. The van der Waals surface area contributed by atoms with Crippen molar-refractivity contribution < 1.29 is 14.7 Å². The number of hydrogen-bond donors (Lipinski definition) is 1. The van der Waals surface area contributed by atoms with Crippen molar-refractivity contribution in [1.29, 1.82) is 0 Å². The Balaban J connectivity index is 1.74. The van der Waals surface area contributed by atoms with Crippen molar-refractivity contribution >= 4 is 11.9 Å². The van der Waals surface area contributed by atoms with Crippen LogP contribution in [0, 0.1) is 11.8 Å². The maximum atomic E-state index is 11.7. The zero-order valence-electron chi connectivity index (χ0n) is 11.0. The predicted molar refractivity (Wildman–Crippen MR) is 67.2 cm³/mol. The molecule has 1 atom stereocenters. The average molecular weight is 254 g/mol. The van der Waals surface area contributed by atoms with Crippen LogP contribution in [-0.2, 0) is 9.59 Å². The molecule has 2 fully saturated rings. The molecule has 0 aromatic rings. The zero-order chi connectivity index (χ0) is 13.1. The normalized spacial score (nSPS) is 26.8. The number of aliphatic carboxylic acids is 1. The van der Waals surface area contributed by atoms with Gasteiger partial charge in [0, 0.05) is 19.5 Å². The molecule has 1 unspecified atom stereocenters. The molecule has 1 N–H and O–H groups in total. The minimum atomic E-state index is -0.842. The fourth-order valence-corrected chi connectivity index (χ4v) is 2.84. The van der Waals surface area contributed by atoms with Gasteiger partial charge in [0.05, 0.1) is 5.92 Å². The summed E-state index contributed by atoms with van der Waals surface area (Å²) in [6, 6.07) is 0. The third-order valence-corrected chi connectivity index (χ3v) is 4.21. The molecule has 2 aliphatic rings. The lowest BCUT2D eigenvalue weighted by atomic mass is 9.94. The summed E-state index contributed by atoms with van der Waals surface area (Å²) in [5.41, 5.74) is 0. The number of carbonyl (C=O) groups excluding carboxylic acids is 1. The molecule has 0 bridgehead atoms. The van der Waals surface area contributed by atoms with E-state index in [0.717, 1.165) is 26.1 Å². The monoisotopic (exact) mass is 254 g/mol. The van der Waals surface area contributed by atoms with Gasteiger partial charge >= 0.3 is 5.97 Å². The second-order valence-corrected chi connectivity index (χ2v) is 5.61. The van der Waals surface area contributed by atoms with Crippen molar-refractivity contribution in [2.24, 2.45) is 11.8 Å². The van der Waals surface area contributed by atoms with Crippen LogP contribution in [0.1, 0.15) is 25.7 Å². The highest BCUT2D eigenvalue weighted by atomic mass is 16.4. The van der Waals surface area contributed by atoms with Gasteiger partial charge in [0.1, 0.15) is 0 Å². The van der Waals surface area contributed by atoms with Crippen LogP contribution in [0.15, 0.2) is 0 Å². The van der Waals surface area contributed by atoms with E-state index in [9.17, 15) is 9.59 Å². The molecular weight excluding hydrogens is 232 g/mol. The molecule has 1 amide bonds. The smallest absolute Gasteiger partial charge is 0.308 e. The third kappa shape index (κ3) is 3.22. The largest absolute Gasteiger partial charge is 0.481 e. The van der Waals surface area contributed by atoms with Gasteiger partial charge in [0.2, 0.25) is 5.91 Å². The van der Waals surface area contributed by atoms with Gasteiger partial charge in [-0.3, -0.25) is 9.59 Å². The van der Waals surface area contributed by atoms with Gasteiger partial charge in [-0.15, -0.1) is 0 Å². The molecule has 2 rings (SSSR count). The second kappa shape index (κ2) is 5.69. The van der Waals surface area contributed by atoms with E-state index in [1.54, 1.807) is 4.90 Å². The summed E-state index contributed by atoms with van der Waals surface area (Å²) in [4.78, 5) is 26.6. The van der Waals surface area contributed by atoms with Crippen molar-refractivity contribution in [2.75, 3.05) is 33.2 Å². The highest BCUT2D eigenvalue weighted by Crippen LogP contribution is 2.23. The highest BCUT2D eigenvalue weighted by Gasteiger charge is 2.34. The van der Waals surface area contributed by atoms with E-state index in [1.165, 1.54) is 12.8 Å². The van der Waals surface area contributed by atoms with Gasteiger partial charge in [0.25, 0.3) is 0 Å². The highest BCUT2D eigenvalue weighted by molar-refractivity contribution is 5.86. The first kappa shape index (κ1) is 13.3. The lowest BCUT2D eigenvalue weighted by molar-refractivity contribution is -0.141. The number of rotatable bonds is 4.